The molecule has 0 unspecified atom stereocenters. The summed E-state index contributed by atoms with van der Waals surface area (Å²) < 4.78 is 45.3. The number of aromatic nitrogens is 1. The highest BCUT2D eigenvalue weighted by Gasteiger charge is 2.43. The van der Waals surface area contributed by atoms with Gasteiger partial charge in [-0.2, -0.15) is 13.2 Å². The molecule has 184 valence electrons. The Kier molecular flexibility index (Phi) is 6.03. The molecule has 1 aromatic heterocycles. The fourth-order valence-corrected chi connectivity index (χ4v) is 3.96. The molecule has 0 bridgehead atoms. The molecule has 12 heteroatoms. The van der Waals surface area contributed by atoms with Gasteiger partial charge in [-0.05, 0) is 29.7 Å². The summed E-state index contributed by atoms with van der Waals surface area (Å²) in [5.41, 5.74) is -4.07. The van der Waals surface area contributed by atoms with E-state index >= 15 is 0 Å². The SMILES string of the molecule is O=C1O[C@@H](C[C@@](O)(CO)C(=O)O)CN1c1ccc2cc(-c3ccccc3C(F)(F)F)[nH]c(=O)c2c1. The van der Waals surface area contributed by atoms with Crippen molar-refractivity contribution in [3.05, 3.63) is 64.4 Å². The molecule has 0 spiro atoms. The molecule has 2 heterocycles. The normalized spacial score (nSPS) is 17.9. The van der Waals surface area contributed by atoms with Crippen molar-refractivity contribution >= 4 is 28.5 Å². The first-order chi connectivity index (χ1) is 16.4. The fraction of sp³-hybridized carbons (Fsp3) is 0.261. The number of H-pyrrole nitrogens is 1. The van der Waals surface area contributed by atoms with E-state index in [0.717, 1.165) is 11.0 Å². The second kappa shape index (κ2) is 8.71. The number of anilines is 1. The number of nitrogens with zero attached hydrogens (tertiary/aromatic N) is 1. The first kappa shape index (κ1) is 24.2. The molecule has 1 saturated heterocycles. The number of carboxylic acids is 1. The fourth-order valence-electron chi connectivity index (χ4n) is 3.96. The van der Waals surface area contributed by atoms with Gasteiger partial charge in [-0.25, -0.2) is 9.59 Å². The number of nitrogens with one attached hydrogen (secondary N) is 1. The van der Waals surface area contributed by atoms with Gasteiger partial charge in [-0.15, -0.1) is 0 Å². The van der Waals surface area contributed by atoms with Crippen LogP contribution in [0, 0.1) is 0 Å². The number of benzene rings is 2. The molecule has 35 heavy (non-hydrogen) atoms. The van der Waals surface area contributed by atoms with Gasteiger partial charge in [0.05, 0.1) is 18.7 Å². The molecule has 1 aliphatic heterocycles. The summed E-state index contributed by atoms with van der Waals surface area (Å²) in [6.07, 6.45) is -7.09. The topological polar surface area (TPSA) is 140 Å². The van der Waals surface area contributed by atoms with Crippen molar-refractivity contribution in [3.8, 4) is 11.3 Å². The standard InChI is InChI=1S/C23H19F3N2O7/c24-23(25,26)17-4-2-1-3-15(17)18-7-12-5-6-13(8-16(12)19(30)27-18)28-10-14(35-21(28)33)9-22(34,11-29)20(31)32/h1-8,14,29,34H,9-11H2,(H,27,30)(H,31,32)/t14-,22+/m0/s1. The van der Waals surface area contributed by atoms with Crippen LogP contribution >= 0.6 is 0 Å². The zero-order chi connectivity index (χ0) is 25.5. The third-order valence-electron chi connectivity index (χ3n) is 5.76. The van der Waals surface area contributed by atoms with Crippen molar-refractivity contribution in [1.82, 2.24) is 4.98 Å². The van der Waals surface area contributed by atoms with Crippen LogP contribution in [-0.2, 0) is 15.7 Å². The lowest BCUT2D eigenvalue weighted by Gasteiger charge is -2.23. The first-order valence-corrected chi connectivity index (χ1v) is 10.3. The highest BCUT2D eigenvalue weighted by molar-refractivity contribution is 5.95. The first-order valence-electron chi connectivity index (χ1n) is 10.3. The quantitative estimate of drug-likeness (QED) is 0.415. The summed E-state index contributed by atoms with van der Waals surface area (Å²) in [7, 11) is 0. The molecule has 1 aliphatic rings. The number of carboxylic acid groups (broad SMARTS) is 1. The molecular formula is C23H19F3N2O7. The molecular weight excluding hydrogens is 473 g/mol. The van der Waals surface area contributed by atoms with Gasteiger partial charge in [0.2, 0.25) is 0 Å². The monoisotopic (exact) mass is 492 g/mol. The number of pyridine rings is 1. The summed E-state index contributed by atoms with van der Waals surface area (Å²) in [6.45, 7) is -1.24. The van der Waals surface area contributed by atoms with Crippen LogP contribution in [0.1, 0.15) is 12.0 Å². The number of aliphatic carboxylic acids is 1. The van der Waals surface area contributed by atoms with Crippen LogP contribution in [0.4, 0.5) is 23.7 Å². The van der Waals surface area contributed by atoms with E-state index in [-0.39, 0.29) is 28.9 Å². The van der Waals surface area contributed by atoms with Crippen LogP contribution in [0.25, 0.3) is 22.0 Å². The maximum atomic E-state index is 13.4. The van der Waals surface area contributed by atoms with Crippen molar-refractivity contribution in [1.29, 1.82) is 0 Å². The summed E-state index contributed by atoms with van der Waals surface area (Å²) in [4.78, 5) is 39.9. The minimum Gasteiger partial charge on any atom is -0.479 e. The molecule has 0 radical (unpaired) electrons. The molecule has 1 amide bonds. The number of carbonyl (C=O) groups is 2. The van der Waals surface area contributed by atoms with Crippen LogP contribution in [0.5, 0.6) is 0 Å². The lowest BCUT2D eigenvalue weighted by Crippen LogP contribution is -2.45. The van der Waals surface area contributed by atoms with E-state index < -0.39 is 54.1 Å². The summed E-state index contributed by atoms with van der Waals surface area (Å²) in [6, 6.07) is 10.5. The lowest BCUT2D eigenvalue weighted by molar-refractivity contribution is -0.166. The van der Waals surface area contributed by atoms with Crippen LogP contribution in [0.2, 0.25) is 0 Å². The van der Waals surface area contributed by atoms with Gasteiger partial charge in [-0.3, -0.25) is 9.69 Å². The number of hydrogen-bond acceptors (Lipinski definition) is 6. The Hall–Kier alpha value is -3.90. The number of halogens is 3. The molecule has 2 aromatic carbocycles. The zero-order valence-electron chi connectivity index (χ0n) is 17.9. The minimum atomic E-state index is -4.62. The number of cyclic esters (lactones) is 1. The van der Waals surface area contributed by atoms with E-state index in [9.17, 15) is 37.8 Å². The van der Waals surface area contributed by atoms with Crippen LogP contribution in [0.15, 0.2) is 53.3 Å². The smallest absolute Gasteiger partial charge is 0.417 e. The second-order valence-corrected chi connectivity index (χ2v) is 8.14. The Labute approximate surface area is 195 Å². The van der Waals surface area contributed by atoms with Crippen LogP contribution < -0.4 is 10.5 Å². The Bertz CT molecular complexity index is 1370. The molecule has 0 aliphatic carbocycles. The van der Waals surface area contributed by atoms with E-state index in [1.807, 2.05) is 0 Å². The van der Waals surface area contributed by atoms with Gasteiger partial charge in [0.1, 0.15) is 6.10 Å². The lowest BCUT2D eigenvalue weighted by atomic mass is 9.97. The van der Waals surface area contributed by atoms with Crippen molar-refractivity contribution in [2.45, 2.75) is 24.3 Å². The van der Waals surface area contributed by atoms with Gasteiger partial charge < -0.3 is 25.0 Å². The molecule has 1 fully saturated rings. The van der Waals surface area contributed by atoms with E-state index in [4.69, 9.17) is 9.84 Å². The molecule has 3 aromatic rings. The molecule has 2 atom stereocenters. The van der Waals surface area contributed by atoms with Crippen LogP contribution in [-0.4, -0.2) is 57.2 Å². The molecule has 4 rings (SSSR count). The van der Waals surface area contributed by atoms with Crippen molar-refractivity contribution in [3.63, 3.8) is 0 Å². The highest BCUT2D eigenvalue weighted by atomic mass is 19.4. The average Bonchev–Trinajstić information content (AvgIpc) is 3.17. The summed E-state index contributed by atoms with van der Waals surface area (Å²) in [5, 5.41) is 28.7. The van der Waals surface area contributed by atoms with E-state index in [1.54, 1.807) is 0 Å². The Morgan fingerprint density at radius 3 is 2.51 bits per heavy atom. The zero-order valence-corrected chi connectivity index (χ0v) is 17.9. The number of aliphatic hydroxyl groups is 2. The summed E-state index contributed by atoms with van der Waals surface area (Å²) in [5.74, 6) is -1.67. The number of carbonyl (C=O) groups excluding carboxylic acids is 1. The minimum absolute atomic E-state index is 0.0271. The van der Waals surface area contributed by atoms with E-state index in [2.05, 4.69) is 4.98 Å². The van der Waals surface area contributed by atoms with E-state index in [1.165, 1.54) is 42.5 Å². The Morgan fingerprint density at radius 1 is 1.14 bits per heavy atom. The van der Waals surface area contributed by atoms with Gasteiger partial charge >= 0.3 is 18.2 Å². The number of aliphatic hydroxyl groups excluding tert-OH is 1. The maximum absolute atomic E-state index is 13.4. The molecule has 4 N–H and O–H groups in total. The number of hydrogen-bond donors (Lipinski definition) is 4. The highest BCUT2D eigenvalue weighted by Crippen LogP contribution is 2.37. The number of aromatic amines is 1. The van der Waals surface area contributed by atoms with Gasteiger partial charge in [-0.1, -0.05) is 24.3 Å². The Morgan fingerprint density at radius 2 is 1.86 bits per heavy atom. The number of amides is 1. The van der Waals surface area contributed by atoms with Gasteiger partial charge in [0.15, 0.2) is 5.60 Å². The number of rotatable bonds is 6. The predicted octanol–water partition coefficient (Wildman–Crippen LogP) is 2.74. The number of alkyl halides is 3. The third-order valence-corrected chi connectivity index (χ3v) is 5.76. The van der Waals surface area contributed by atoms with Crippen LogP contribution in [0.3, 0.4) is 0 Å². The molecule has 0 saturated carbocycles. The average molecular weight is 492 g/mol. The largest absolute Gasteiger partial charge is 0.479 e. The summed E-state index contributed by atoms with van der Waals surface area (Å²) >= 11 is 0. The van der Waals surface area contributed by atoms with Crippen molar-refractivity contribution in [2.24, 2.45) is 0 Å². The van der Waals surface area contributed by atoms with Gasteiger partial charge in [0, 0.05) is 28.8 Å². The third kappa shape index (κ3) is 4.57. The maximum Gasteiger partial charge on any atom is 0.417 e. The van der Waals surface area contributed by atoms with Gasteiger partial charge in [0.25, 0.3) is 5.56 Å². The van der Waals surface area contributed by atoms with Crippen molar-refractivity contribution in [2.75, 3.05) is 18.1 Å². The van der Waals surface area contributed by atoms with E-state index in [0.29, 0.717) is 5.39 Å². The van der Waals surface area contributed by atoms with Crippen molar-refractivity contribution < 1.29 is 42.8 Å². The Balaban J connectivity index is 1.66. The second-order valence-electron chi connectivity index (χ2n) is 8.14. The molecule has 9 nitrogen and oxygen atoms in total. The predicted molar refractivity (Wildman–Crippen MR) is 117 cm³/mol. The number of ether oxygens (including phenoxy) is 1. The number of fused-ring (bicyclic) bond motifs is 1.